The second-order valence-electron chi connectivity index (χ2n) is 6.53. The third-order valence-corrected chi connectivity index (χ3v) is 4.25. The minimum Gasteiger partial charge on any atom is -0.489 e. The average Bonchev–Trinajstić information content (AvgIpc) is 2.84. The van der Waals surface area contributed by atoms with Crippen LogP contribution in [-0.4, -0.2) is 15.7 Å². The van der Waals surface area contributed by atoms with E-state index < -0.39 is 0 Å². The third-order valence-electron chi connectivity index (χ3n) is 4.01. The van der Waals surface area contributed by atoms with Crippen LogP contribution in [0.1, 0.15) is 46.0 Å². The molecule has 1 aliphatic carbocycles. The van der Waals surface area contributed by atoms with Gasteiger partial charge in [0.25, 0.3) is 0 Å². The Kier molecular flexibility index (Phi) is 3.20. The SMILES string of the molecule is CC(C)Oc1cccc2c1nc(CCl)n2C1CC1(C)C. The van der Waals surface area contributed by atoms with E-state index >= 15 is 0 Å². The number of nitrogens with zero attached hydrogens (tertiary/aromatic N) is 2. The van der Waals surface area contributed by atoms with E-state index in [9.17, 15) is 0 Å². The fourth-order valence-electron chi connectivity index (χ4n) is 2.81. The van der Waals surface area contributed by atoms with Crippen LogP contribution in [-0.2, 0) is 5.88 Å². The zero-order valence-electron chi connectivity index (χ0n) is 12.5. The van der Waals surface area contributed by atoms with E-state index in [2.05, 4.69) is 24.5 Å². The molecule has 0 amide bonds. The Balaban J connectivity index is 2.15. The average molecular weight is 293 g/mol. The largest absolute Gasteiger partial charge is 0.489 e. The predicted molar refractivity (Wildman–Crippen MR) is 82.5 cm³/mol. The van der Waals surface area contributed by atoms with Gasteiger partial charge in [0.15, 0.2) is 0 Å². The van der Waals surface area contributed by atoms with Gasteiger partial charge in [-0.15, -0.1) is 11.6 Å². The normalized spacial score (nSPS) is 20.6. The number of hydrogen-bond donors (Lipinski definition) is 0. The summed E-state index contributed by atoms with van der Waals surface area (Å²) in [6, 6.07) is 6.62. The topological polar surface area (TPSA) is 27.1 Å². The van der Waals surface area contributed by atoms with Crippen molar-refractivity contribution in [3.05, 3.63) is 24.0 Å². The van der Waals surface area contributed by atoms with Crippen LogP contribution in [0.15, 0.2) is 18.2 Å². The summed E-state index contributed by atoms with van der Waals surface area (Å²) in [6.45, 7) is 8.64. The standard InChI is InChI=1S/C16H21ClN2O/c1-10(2)20-12-7-5-6-11-15(12)18-14(9-17)19(11)13-8-16(13,3)4/h5-7,10,13H,8-9H2,1-4H3. The van der Waals surface area contributed by atoms with Crippen molar-refractivity contribution in [3.8, 4) is 5.75 Å². The van der Waals surface area contributed by atoms with Crippen LogP contribution in [0, 0.1) is 5.41 Å². The molecule has 1 aromatic heterocycles. The quantitative estimate of drug-likeness (QED) is 0.774. The Morgan fingerprint density at radius 2 is 2.15 bits per heavy atom. The van der Waals surface area contributed by atoms with Gasteiger partial charge in [0.1, 0.15) is 17.1 Å². The number of para-hydroxylation sites is 1. The van der Waals surface area contributed by atoms with Crippen molar-refractivity contribution in [3.63, 3.8) is 0 Å². The summed E-state index contributed by atoms with van der Waals surface area (Å²) in [6.07, 6.45) is 1.32. The first-order valence-corrected chi connectivity index (χ1v) is 7.70. The lowest BCUT2D eigenvalue weighted by molar-refractivity contribution is 0.245. The van der Waals surface area contributed by atoms with E-state index in [0.717, 1.165) is 22.6 Å². The number of fused-ring (bicyclic) bond motifs is 1. The van der Waals surface area contributed by atoms with Crippen LogP contribution < -0.4 is 4.74 Å². The summed E-state index contributed by atoms with van der Waals surface area (Å²) < 4.78 is 8.17. The Morgan fingerprint density at radius 1 is 1.45 bits per heavy atom. The molecule has 4 heteroatoms. The maximum Gasteiger partial charge on any atom is 0.147 e. The van der Waals surface area contributed by atoms with Gasteiger partial charge in [0.05, 0.1) is 17.5 Å². The maximum atomic E-state index is 6.10. The second kappa shape index (κ2) is 4.66. The minimum atomic E-state index is 0.141. The maximum absolute atomic E-state index is 6.10. The van der Waals surface area contributed by atoms with Crippen molar-refractivity contribution in [2.45, 2.75) is 52.1 Å². The van der Waals surface area contributed by atoms with Gasteiger partial charge in [0.2, 0.25) is 0 Å². The molecule has 108 valence electrons. The zero-order valence-corrected chi connectivity index (χ0v) is 13.2. The van der Waals surface area contributed by atoms with Gasteiger partial charge in [-0.1, -0.05) is 19.9 Å². The third kappa shape index (κ3) is 2.18. The Hall–Kier alpha value is -1.22. The number of rotatable bonds is 4. The number of halogens is 1. The molecular weight excluding hydrogens is 272 g/mol. The fourth-order valence-corrected chi connectivity index (χ4v) is 3.00. The summed E-state index contributed by atoms with van der Waals surface area (Å²) in [5.41, 5.74) is 2.40. The molecule has 1 fully saturated rings. The van der Waals surface area contributed by atoms with E-state index in [4.69, 9.17) is 21.3 Å². The molecule has 0 spiro atoms. The van der Waals surface area contributed by atoms with Gasteiger partial charge in [-0.25, -0.2) is 4.98 Å². The second-order valence-corrected chi connectivity index (χ2v) is 6.80. The monoisotopic (exact) mass is 292 g/mol. The van der Waals surface area contributed by atoms with Gasteiger partial charge in [-0.3, -0.25) is 0 Å². The molecule has 1 unspecified atom stereocenters. The number of imidazole rings is 1. The summed E-state index contributed by atoms with van der Waals surface area (Å²) in [5.74, 6) is 2.22. The van der Waals surface area contributed by atoms with Crippen molar-refractivity contribution < 1.29 is 4.74 Å². The van der Waals surface area contributed by atoms with E-state index in [1.165, 1.54) is 6.42 Å². The molecule has 1 saturated carbocycles. The smallest absolute Gasteiger partial charge is 0.147 e. The zero-order chi connectivity index (χ0) is 14.5. The highest BCUT2D eigenvalue weighted by atomic mass is 35.5. The van der Waals surface area contributed by atoms with Crippen LogP contribution in [0.4, 0.5) is 0 Å². The van der Waals surface area contributed by atoms with Crippen LogP contribution in [0.3, 0.4) is 0 Å². The lowest BCUT2D eigenvalue weighted by Gasteiger charge is -2.11. The van der Waals surface area contributed by atoms with Crippen molar-refractivity contribution in [1.29, 1.82) is 0 Å². The molecule has 20 heavy (non-hydrogen) atoms. The molecule has 1 atom stereocenters. The molecule has 0 N–H and O–H groups in total. The molecule has 1 aromatic carbocycles. The number of aromatic nitrogens is 2. The fraction of sp³-hybridized carbons (Fsp3) is 0.562. The van der Waals surface area contributed by atoms with Crippen molar-refractivity contribution in [2.75, 3.05) is 0 Å². The lowest BCUT2D eigenvalue weighted by atomic mass is 10.2. The molecule has 3 rings (SSSR count). The number of ether oxygens (including phenoxy) is 1. The molecule has 1 heterocycles. The highest BCUT2D eigenvalue weighted by Gasteiger charge is 2.48. The first kappa shape index (κ1) is 13.7. The summed E-state index contributed by atoms with van der Waals surface area (Å²) >= 11 is 6.10. The lowest BCUT2D eigenvalue weighted by Crippen LogP contribution is -2.06. The van der Waals surface area contributed by atoms with E-state index in [-0.39, 0.29) is 6.10 Å². The first-order valence-electron chi connectivity index (χ1n) is 7.16. The molecule has 0 radical (unpaired) electrons. The summed E-state index contributed by atoms with van der Waals surface area (Å²) in [5, 5.41) is 0. The van der Waals surface area contributed by atoms with Gasteiger partial charge in [-0.05, 0) is 37.8 Å². The summed E-state index contributed by atoms with van der Waals surface area (Å²) in [7, 11) is 0. The Labute approximate surface area is 124 Å². The molecule has 0 bridgehead atoms. The number of hydrogen-bond acceptors (Lipinski definition) is 2. The van der Waals surface area contributed by atoms with Crippen LogP contribution >= 0.6 is 11.6 Å². The first-order chi connectivity index (χ1) is 9.44. The van der Waals surface area contributed by atoms with Gasteiger partial charge in [-0.2, -0.15) is 0 Å². The molecular formula is C16H21ClN2O. The van der Waals surface area contributed by atoms with Gasteiger partial charge in [0, 0.05) is 6.04 Å². The number of benzene rings is 1. The van der Waals surface area contributed by atoms with Crippen molar-refractivity contribution in [1.82, 2.24) is 9.55 Å². The van der Waals surface area contributed by atoms with Crippen LogP contribution in [0.5, 0.6) is 5.75 Å². The van der Waals surface area contributed by atoms with Crippen LogP contribution in [0.25, 0.3) is 11.0 Å². The Morgan fingerprint density at radius 3 is 2.70 bits per heavy atom. The number of alkyl halides is 1. The highest BCUT2D eigenvalue weighted by molar-refractivity contribution is 6.16. The van der Waals surface area contributed by atoms with E-state index in [1.54, 1.807) is 0 Å². The highest BCUT2D eigenvalue weighted by Crippen LogP contribution is 2.57. The van der Waals surface area contributed by atoms with Crippen LogP contribution in [0.2, 0.25) is 0 Å². The Bertz CT molecular complexity index is 645. The molecule has 0 saturated heterocycles. The van der Waals surface area contributed by atoms with Gasteiger partial charge >= 0.3 is 0 Å². The predicted octanol–water partition coefficient (Wildman–Crippen LogP) is 4.53. The van der Waals surface area contributed by atoms with Gasteiger partial charge < -0.3 is 9.30 Å². The summed E-state index contributed by atoms with van der Waals surface area (Å²) in [4.78, 5) is 4.72. The van der Waals surface area contributed by atoms with E-state index in [1.807, 2.05) is 26.0 Å². The van der Waals surface area contributed by atoms with E-state index in [0.29, 0.717) is 17.3 Å². The molecule has 1 aliphatic rings. The van der Waals surface area contributed by atoms with Crippen molar-refractivity contribution >= 4 is 22.6 Å². The van der Waals surface area contributed by atoms with Crippen molar-refractivity contribution in [2.24, 2.45) is 5.41 Å². The minimum absolute atomic E-state index is 0.141. The molecule has 3 nitrogen and oxygen atoms in total. The molecule has 0 aliphatic heterocycles. The molecule has 2 aromatic rings.